The van der Waals surface area contributed by atoms with E-state index >= 15 is 0 Å². The number of methoxy groups -OCH3 is 1. The van der Waals surface area contributed by atoms with Crippen molar-refractivity contribution in [1.82, 2.24) is 10.3 Å². The topological polar surface area (TPSA) is 37.4 Å². The van der Waals surface area contributed by atoms with Gasteiger partial charge in [-0.05, 0) is 25.7 Å². The third-order valence-corrected chi connectivity index (χ3v) is 5.20. The van der Waals surface area contributed by atoms with Crippen LogP contribution in [-0.2, 0) is 17.9 Å². The minimum Gasteiger partial charge on any atom is -0.378 e. The van der Waals surface area contributed by atoms with Gasteiger partial charge in [-0.15, -0.1) is 11.3 Å². The zero-order valence-corrected chi connectivity index (χ0v) is 14.6. The lowest BCUT2D eigenvalue weighted by molar-refractivity contribution is 0.181. The van der Waals surface area contributed by atoms with Crippen molar-refractivity contribution in [2.75, 3.05) is 18.6 Å². The summed E-state index contributed by atoms with van der Waals surface area (Å²) in [6.07, 6.45) is 5.15. The lowest BCUT2D eigenvalue weighted by Gasteiger charge is -2.35. The molecular weight excluding hydrogens is 282 g/mol. The molecule has 1 aliphatic heterocycles. The average Bonchev–Trinajstić information content (AvgIpc) is 2.88. The molecule has 1 aliphatic rings. The van der Waals surface area contributed by atoms with Gasteiger partial charge < -0.3 is 15.0 Å². The largest absolute Gasteiger partial charge is 0.378 e. The minimum absolute atomic E-state index is 0.490. The Morgan fingerprint density at radius 3 is 2.90 bits per heavy atom. The predicted octanol–water partition coefficient (Wildman–Crippen LogP) is 3.56. The van der Waals surface area contributed by atoms with Crippen molar-refractivity contribution in [1.29, 1.82) is 0 Å². The Hall–Kier alpha value is -0.650. The minimum atomic E-state index is 0.490. The Bertz CT molecular complexity index is 433. The van der Waals surface area contributed by atoms with Crippen LogP contribution in [0.1, 0.15) is 57.0 Å². The fourth-order valence-electron chi connectivity index (χ4n) is 2.85. The first kappa shape index (κ1) is 16.7. The first-order valence-electron chi connectivity index (χ1n) is 8.13. The molecule has 0 aromatic carbocycles. The second-order valence-corrected chi connectivity index (χ2v) is 7.15. The molecule has 1 aromatic rings. The Labute approximate surface area is 132 Å². The van der Waals surface area contributed by atoms with Gasteiger partial charge >= 0.3 is 0 Å². The van der Waals surface area contributed by atoms with Crippen molar-refractivity contribution in [3.8, 4) is 0 Å². The van der Waals surface area contributed by atoms with Crippen molar-refractivity contribution in [3.05, 3.63) is 10.6 Å². The van der Waals surface area contributed by atoms with Gasteiger partial charge in [0.25, 0.3) is 0 Å². The standard InChI is InChI=1S/C16H29N3OS/c1-5-13-8-6-7-9-19(13)16-18-14(11-20-4)15(21-16)10-17-12(2)3/h12-13,17H,5-11H2,1-4H3. The van der Waals surface area contributed by atoms with Crippen molar-refractivity contribution in [3.63, 3.8) is 0 Å². The molecule has 120 valence electrons. The van der Waals surface area contributed by atoms with E-state index in [-0.39, 0.29) is 0 Å². The lowest BCUT2D eigenvalue weighted by Crippen LogP contribution is -2.39. The Balaban J connectivity index is 2.16. The van der Waals surface area contributed by atoms with Crippen molar-refractivity contribution < 1.29 is 4.74 Å². The molecule has 1 atom stereocenters. The number of piperidine rings is 1. The fourth-order valence-corrected chi connectivity index (χ4v) is 3.97. The first-order valence-corrected chi connectivity index (χ1v) is 8.94. The number of aromatic nitrogens is 1. The van der Waals surface area contributed by atoms with E-state index in [2.05, 4.69) is 31.0 Å². The van der Waals surface area contributed by atoms with E-state index in [9.17, 15) is 0 Å². The van der Waals surface area contributed by atoms with Gasteiger partial charge in [0.15, 0.2) is 5.13 Å². The zero-order valence-electron chi connectivity index (χ0n) is 13.8. The molecule has 2 rings (SSSR count). The number of hydrogen-bond donors (Lipinski definition) is 1. The highest BCUT2D eigenvalue weighted by Gasteiger charge is 2.24. The molecule has 1 N–H and O–H groups in total. The van der Waals surface area contributed by atoms with E-state index in [4.69, 9.17) is 9.72 Å². The number of anilines is 1. The van der Waals surface area contributed by atoms with Crippen LogP contribution in [0.15, 0.2) is 0 Å². The quantitative estimate of drug-likeness (QED) is 0.835. The summed E-state index contributed by atoms with van der Waals surface area (Å²) in [6, 6.07) is 1.15. The molecule has 1 unspecified atom stereocenters. The van der Waals surface area contributed by atoms with Crippen LogP contribution in [0.3, 0.4) is 0 Å². The first-order chi connectivity index (χ1) is 10.2. The fraction of sp³-hybridized carbons (Fsp3) is 0.812. The maximum atomic E-state index is 5.33. The summed E-state index contributed by atoms with van der Waals surface area (Å²) in [4.78, 5) is 8.72. The number of hydrogen-bond acceptors (Lipinski definition) is 5. The SMILES string of the molecule is CCC1CCCCN1c1nc(COC)c(CNC(C)C)s1. The Kier molecular flexibility index (Phi) is 6.45. The van der Waals surface area contributed by atoms with Crippen LogP contribution in [0, 0.1) is 0 Å². The van der Waals surface area contributed by atoms with E-state index in [1.54, 1.807) is 7.11 Å². The molecule has 0 aliphatic carbocycles. The average molecular weight is 311 g/mol. The summed E-state index contributed by atoms with van der Waals surface area (Å²) >= 11 is 1.84. The van der Waals surface area contributed by atoms with Gasteiger partial charge in [0.2, 0.25) is 0 Å². The number of nitrogens with one attached hydrogen (secondary N) is 1. The highest BCUT2D eigenvalue weighted by Crippen LogP contribution is 2.32. The molecule has 1 saturated heterocycles. The van der Waals surface area contributed by atoms with Crippen LogP contribution >= 0.6 is 11.3 Å². The van der Waals surface area contributed by atoms with E-state index in [1.165, 1.54) is 35.7 Å². The third kappa shape index (κ3) is 4.41. The summed E-state index contributed by atoms with van der Waals surface area (Å²) in [5.41, 5.74) is 1.10. The molecule has 5 heteroatoms. The molecule has 0 saturated carbocycles. The Morgan fingerprint density at radius 1 is 1.43 bits per heavy atom. The maximum Gasteiger partial charge on any atom is 0.186 e. The maximum absolute atomic E-state index is 5.33. The van der Waals surface area contributed by atoms with Gasteiger partial charge in [0, 0.05) is 37.2 Å². The molecule has 2 heterocycles. The van der Waals surface area contributed by atoms with E-state index in [0.717, 1.165) is 18.8 Å². The monoisotopic (exact) mass is 311 g/mol. The van der Waals surface area contributed by atoms with Crippen LogP contribution < -0.4 is 10.2 Å². The van der Waals surface area contributed by atoms with E-state index in [0.29, 0.717) is 18.7 Å². The van der Waals surface area contributed by atoms with Crippen LogP contribution in [0.2, 0.25) is 0 Å². The van der Waals surface area contributed by atoms with Crippen LogP contribution in [0.4, 0.5) is 5.13 Å². The van der Waals surface area contributed by atoms with Crippen molar-refractivity contribution >= 4 is 16.5 Å². The highest BCUT2D eigenvalue weighted by molar-refractivity contribution is 7.15. The van der Waals surface area contributed by atoms with Crippen molar-refractivity contribution in [2.24, 2.45) is 0 Å². The van der Waals surface area contributed by atoms with Gasteiger partial charge in [0.05, 0.1) is 12.3 Å². The number of nitrogens with zero attached hydrogens (tertiary/aromatic N) is 2. The summed E-state index contributed by atoms with van der Waals surface area (Å²) < 4.78 is 5.33. The van der Waals surface area contributed by atoms with Crippen LogP contribution in [0.25, 0.3) is 0 Å². The van der Waals surface area contributed by atoms with Gasteiger partial charge in [-0.2, -0.15) is 0 Å². The van der Waals surface area contributed by atoms with Gasteiger partial charge in [-0.1, -0.05) is 20.8 Å². The number of ether oxygens (including phenoxy) is 1. The normalized spacial score (nSPS) is 19.5. The molecule has 0 bridgehead atoms. The predicted molar refractivity (Wildman–Crippen MR) is 90.1 cm³/mol. The summed E-state index contributed by atoms with van der Waals surface area (Å²) in [5, 5.41) is 4.69. The molecule has 1 fully saturated rings. The summed E-state index contributed by atoms with van der Waals surface area (Å²) in [5.74, 6) is 0. The molecule has 0 amide bonds. The number of rotatable bonds is 7. The zero-order chi connectivity index (χ0) is 15.2. The van der Waals surface area contributed by atoms with Gasteiger partial charge in [-0.25, -0.2) is 4.98 Å². The molecule has 0 spiro atoms. The summed E-state index contributed by atoms with van der Waals surface area (Å²) in [7, 11) is 1.74. The second kappa shape index (κ2) is 8.11. The third-order valence-electron chi connectivity index (χ3n) is 4.06. The molecule has 0 radical (unpaired) electrons. The molecule has 1 aromatic heterocycles. The number of thiazole rings is 1. The summed E-state index contributed by atoms with van der Waals surface area (Å²) in [6.45, 7) is 9.28. The highest BCUT2D eigenvalue weighted by atomic mass is 32.1. The van der Waals surface area contributed by atoms with Crippen LogP contribution in [0.5, 0.6) is 0 Å². The molecule has 4 nitrogen and oxygen atoms in total. The van der Waals surface area contributed by atoms with Gasteiger partial charge in [-0.3, -0.25) is 0 Å². The Morgan fingerprint density at radius 2 is 2.24 bits per heavy atom. The van der Waals surface area contributed by atoms with Crippen molar-refractivity contribution in [2.45, 2.75) is 71.7 Å². The van der Waals surface area contributed by atoms with Gasteiger partial charge in [0.1, 0.15) is 0 Å². The van der Waals surface area contributed by atoms with E-state index < -0.39 is 0 Å². The smallest absolute Gasteiger partial charge is 0.186 e. The second-order valence-electron chi connectivity index (χ2n) is 6.09. The van der Waals surface area contributed by atoms with Crippen LogP contribution in [-0.4, -0.2) is 30.7 Å². The molecular formula is C16H29N3OS. The van der Waals surface area contributed by atoms with E-state index in [1.807, 2.05) is 11.3 Å². The molecule has 21 heavy (non-hydrogen) atoms. The lowest BCUT2D eigenvalue weighted by atomic mass is 10.0.